The molecule has 0 radical (unpaired) electrons. The number of unbranched alkanes of at least 4 members (excludes halogenated alkanes) is 8. The van der Waals surface area contributed by atoms with Gasteiger partial charge in [0.25, 0.3) is 5.89 Å². The number of hydrogen-bond donors (Lipinski definition) is 2. The second-order valence-electron chi connectivity index (χ2n) is 9.56. The van der Waals surface area contributed by atoms with Crippen LogP contribution in [-0.2, 0) is 23.9 Å². The first-order valence-electron chi connectivity index (χ1n) is 13.3. The van der Waals surface area contributed by atoms with Crippen molar-refractivity contribution >= 4 is 5.97 Å². The van der Waals surface area contributed by atoms with Crippen molar-refractivity contribution in [2.75, 3.05) is 0 Å². The van der Waals surface area contributed by atoms with Crippen molar-refractivity contribution < 1.29 is 27.6 Å². The van der Waals surface area contributed by atoms with E-state index in [4.69, 9.17) is 4.52 Å². The molecule has 2 aromatic carbocycles. The van der Waals surface area contributed by atoms with Gasteiger partial charge in [-0.1, -0.05) is 87.7 Å². The number of aliphatic carboxylic acids is 1. The van der Waals surface area contributed by atoms with Crippen LogP contribution < -0.4 is 5.32 Å². The molecule has 0 saturated heterocycles. The Balaban J connectivity index is 1.45. The van der Waals surface area contributed by atoms with Crippen LogP contribution in [0.25, 0.3) is 11.5 Å². The zero-order valence-corrected chi connectivity index (χ0v) is 21.8. The van der Waals surface area contributed by atoms with E-state index >= 15 is 0 Å². The summed E-state index contributed by atoms with van der Waals surface area (Å²) in [4.78, 5) is 16.2. The molecule has 206 valence electrons. The molecule has 3 rings (SSSR count). The van der Waals surface area contributed by atoms with Gasteiger partial charge in [-0.25, -0.2) is 0 Å². The lowest BCUT2D eigenvalue weighted by molar-refractivity contribution is -0.139. The normalized spacial score (nSPS) is 12.5. The summed E-state index contributed by atoms with van der Waals surface area (Å²) in [6, 6.07) is 10.3. The standard InChI is InChI=1S/C29H36F3N3O3/c1-2-3-4-5-6-7-8-9-10-11-25-34-27(38-35-25)23-14-12-21(13-15-23)20-33-26(28(36)37)22-16-18-24(19-17-22)29(30,31)32/h12-19,26,33H,2-11,20H2,1H3,(H,36,37). The summed E-state index contributed by atoms with van der Waals surface area (Å²) in [7, 11) is 0. The van der Waals surface area contributed by atoms with Gasteiger partial charge in [-0.15, -0.1) is 0 Å². The summed E-state index contributed by atoms with van der Waals surface area (Å²) in [5, 5.41) is 16.5. The van der Waals surface area contributed by atoms with E-state index in [9.17, 15) is 23.1 Å². The van der Waals surface area contributed by atoms with Crippen LogP contribution in [0.15, 0.2) is 53.1 Å². The molecule has 0 fully saturated rings. The maximum atomic E-state index is 12.8. The Morgan fingerprint density at radius 3 is 2.11 bits per heavy atom. The molecule has 0 aliphatic rings. The minimum atomic E-state index is -4.47. The number of carboxylic acid groups (broad SMARTS) is 1. The smallest absolute Gasteiger partial charge is 0.416 e. The van der Waals surface area contributed by atoms with Crippen LogP contribution in [0.4, 0.5) is 13.2 Å². The summed E-state index contributed by atoms with van der Waals surface area (Å²) in [5.74, 6) is -0.0510. The van der Waals surface area contributed by atoms with Crippen LogP contribution in [0, 0.1) is 0 Å². The molecule has 1 atom stereocenters. The molecule has 38 heavy (non-hydrogen) atoms. The summed E-state index contributed by atoms with van der Waals surface area (Å²) < 4.78 is 43.8. The molecule has 0 amide bonds. The Hall–Kier alpha value is -3.20. The summed E-state index contributed by atoms with van der Waals surface area (Å²) in [6.07, 6.45) is 7.58. The molecule has 1 aromatic heterocycles. The number of alkyl halides is 3. The van der Waals surface area contributed by atoms with E-state index in [0.717, 1.165) is 42.5 Å². The third kappa shape index (κ3) is 9.28. The first kappa shape index (κ1) is 29.4. The van der Waals surface area contributed by atoms with Gasteiger partial charge in [0.05, 0.1) is 5.56 Å². The molecule has 0 spiro atoms. The molecule has 2 N–H and O–H groups in total. The Labute approximate surface area is 221 Å². The van der Waals surface area contributed by atoms with E-state index < -0.39 is 23.8 Å². The van der Waals surface area contributed by atoms with Crippen molar-refractivity contribution in [1.82, 2.24) is 15.5 Å². The Kier molecular flexibility index (Phi) is 11.3. The van der Waals surface area contributed by atoms with Gasteiger partial charge in [-0.05, 0) is 41.8 Å². The largest absolute Gasteiger partial charge is 0.480 e. The Morgan fingerprint density at radius 2 is 1.53 bits per heavy atom. The molecule has 3 aromatic rings. The highest BCUT2D eigenvalue weighted by molar-refractivity contribution is 5.75. The number of benzene rings is 2. The summed E-state index contributed by atoms with van der Waals surface area (Å²) in [6.45, 7) is 2.44. The van der Waals surface area contributed by atoms with E-state index in [0.29, 0.717) is 11.7 Å². The SMILES string of the molecule is CCCCCCCCCCCc1noc(-c2ccc(CNC(C(=O)O)c3ccc(C(F)(F)F)cc3)cc2)n1. The van der Waals surface area contributed by atoms with Gasteiger partial charge < -0.3 is 9.63 Å². The third-order valence-electron chi connectivity index (χ3n) is 6.50. The molecule has 1 heterocycles. The van der Waals surface area contributed by atoms with Crippen molar-refractivity contribution in [3.05, 3.63) is 71.0 Å². The lowest BCUT2D eigenvalue weighted by atomic mass is 10.0. The van der Waals surface area contributed by atoms with E-state index in [-0.39, 0.29) is 12.1 Å². The number of carboxylic acids is 1. The molecule has 9 heteroatoms. The highest BCUT2D eigenvalue weighted by Crippen LogP contribution is 2.30. The third-order valence-corrected chi connectivity index (χ3v) is 6.50. The Bertz CT molecular complexity index is 1110. The fraction of sp³-hybridized carbons (Fsp3) is 0.483. The Morgan fingerprint density at radius 1 is 0.921 bits per heavy atom. The molecular formula is C29H36F3N3O3. The monoisotopic (exact) mass is 531 g/mol. The minimum absolute atomic E-state index is 0.214. The van der Waals surface area contributed by atoms with E-state index in [1.165, 1.54) is 57.1 Å². The number of carbonyl (C=O) groups is 1. The van der Waals surface area contributed by atoms with Gasteiger partial charge in [0, 0.05) is 18.5 Å². The molecule has 1 unspecified atom stereocenters. The van der Waals surface area contributed by atoms with Gasteiger partial charge in [0.15, 0.2) is 5.82 Å². The fourth-order valence-electron chi connectivity index (χ4n) is 4.26. The van der Waals surface area contributed by atoms with Crippen molar-refractivity contribution in [1.29, 1.82) is 0 Å². The molecule has 0 aliphatic carbocycles. The van der Waals surface area contributed by atoms with Crippen molar-refractivity contribution in [2.24, 2.45) is 0 Å². The number of aryl methyl sites for hydroxylation is 1. The highest BCUT2D eigenvalue weighted by atomic mass is 19.4. The lowest BCUT2D eigenvalue weighted by Crippen LogP contribution is -2.28. The predicted octanol–water partition coefficient (Wildman–Crippen LogP) is 7.74. The van der Waals surface area contributed by atoms with Crippen molar-refractivity contribution in [3.8, 4) is 11.5 Å². The number of halogens is 3. The molecular weight excluding hydrogens is 495 g/mol. The minimum Gasteiger partial charge on any atom is -0.480 e. The zero-order valence-electron chi connectivity index (χ0n) is 21.8. The number of nitrogens with zero attached hydrogens (tertiary/aromatic N) is 2. The summed E-state index contributed by atoms with van der Waals surface area (Å²) >= 11 is 0. The number of hydrogen-bond acceptors (Lipinski definition) is 5. The second kappa shape index (κ2) is 14.7. The maximum Gasteiger partial charge on any atom is 0.416 e. The van der Waals surface area contributed by atoms with Crippen molar-refractivity contribution in [3.63, 3.8) is 0 Å². The van der Waals surface area contributed by atoms with Crippen molar-refractivity contribution in [2.45, 2.75) is 89.9 Å². The molecule has 0 saturated carbocycles. The van der Waals surface area contributed by atoms with Gasteiger partial charge in [-0.3, -0.25) is 10.1 Å². The van der Waals surface area contributed by atoms with Gasteiger partial charge in [-0.2, -0.15) is 18.2 Å². The van der Waals surface area contributed by atoms with Gasteiger partial charge in [0.2, 0.25) is 0 Å². The molecule has 6 nitrogen and oxygen atoms in total. The fourth-order valence-corrected chi connectivity index (χ4v) is 4.26. The average Bonchev–Trinajstić information content (AvgIpc) is 3.37. The maximum absolute atomic E-state index is 12.8. The summed E-state index contributed by atoms with van der Waals surface area (Å²) in [5.41, 5.74) is 0.990. The van der Waals surface area contributed by atoms with Crippen LogP contribution in [0.5, 0.6) is 0 Å². The van der Waals surface area contributed by atoms with Crippen LogP contribution in [0.1, 0.15) is 93.3 Å². The predicted molar refractivity (Wildman–Crippen MR) is 139 cm³/mol. The highest BCUT2D eigenvalue weighted by Gasteiger charge is 2.30. The number of aromatic nitrogens is 2. The quantitative estimate of drug-likeness (QED) is 0.184. The van der Waals surface area contributed by atoms with Crippen LogP contribution in [-0.4, -0.2) is 21.2 Å². The topological polar surface area (TPSA) is 88.2 Å². The van der Waals surface area contributed by atoms with E-state index in [1.807, 2.05) is 24.3 Å². The van der Waals surface area contributed by atoms with Gasteiger partial charge >= 0.3 is 12.1 Å². The lowest BCUT2D eigenvalue weighted by Gasteiger charge is -2.16. The first-order valence-corrected chi connectivity index (χ1v) is 13.3. The first-order chi connectivity index (χ1) is 18.3. The molecule has 0 aliphatic heterocycles. The van der Waals surface area contributed by atoms with Crippen LogP contribution in [0.2, 0.25) is 0 Å². The van der Waals surface area contributed by atoms with E-state index in [2.05, 4.69) is 22.4 Å². The zero-order chi connectivity index (χ0) is 27.4. The molecule has 0 bridgehead atoms. The number of rotatable bonds is 16. The second-order valence-corrected chi connectivity index (χ2v) is 9.56. The van der Waals surface area contributed by atoms with Crippen LogP contribution >= 0.6 is 0 Å². The van der Waals surface area contributed by atoms with Gasteiger partial charge in [0.1, 0.15) is 6.04 Å². The number of nitrogens with one attached hydrogen (secondary N) is 1. The van der Waals surface area contributed by atoms with E-state index in [1.54, 1.807) is 0 Å². The average molecular weight is 532 g/mol. The van der Waals surface area contributed by atoms with Crippen LogP contribution in [0.3, 0.4) is 0 Å².